The highest BCUT2D eigenvalue weighted by Crippen LogP contribution is 2.20. The molecule has 0 aliphatic carbocycles. The molecule has 1 aliphatic rings. The molecule has 134 valence electrons. The van der Waals surface area contributed by atoms with Crippen LogP contribution < -0.4 is 10.5 Å². The zero-order valence-corrected chi connectivity index (χ0v) is 13.1. The molecule has 0 spiro atoms. The number of nitrogens with one attached hydrogen (secondary N) is 1. The number of rotatable bonds is 5. The minimum absolute atomic E-state index is 0.0648. The molecule has 2 rings (SSSR count). The summed E-state index contributed by atoms with van der Waals surface area (Å²) in [5.74, 6) is -0.550. The highest BCUT2D eigenvalue weighted by molar-refractivity contribution is 7.90. The molecule has 0 unspecified atom stereocenters. The van der Waals surface area contributed by atoms with E-state index in [-0.39, 0.29) is 16.7 Å². The minimum Gasteiger partial charge on any atom is -0.394 e. The van der Waals surface area contributed by atoms with Gasteiger partial charge in [0.05, 0.1) is 18.2 Å². The van der Waals surface area contributed by atoms with Crippen LogP contribution in [0.3, 0.4) is 0 Å². The summed E-state index contributed by atoms with van der Waals surface area (Å²) in [5.41, 5.74) is 5.26. The second-order valence-corrected chi connectivity index (χ2v) is 6.53. The monoisotopic (exact) mass is 362 g/mol. The average molecular weight is 362 g/mol. The maximum absolute atomic E-state index is 11.1. The van der Waals surface area contributed by atoms with Crippen molar-refractivity contribution in [2.75, 3.05) is 6.61 Å². The van der Waals surface area contributed by atoms with Crippen LogP contribution in [0.5, 0.6) is 0 Å². The van der Waals surface area contributed by atoms with Gasteiger partial charge in [0.2, 0.25) is 0 Å². The number of aliphatic hydroxyl groups is 4. The Balaban J connectivity index is 0.000000240. The number of aldehydes is 1. The van der Waals surface area contributed by atoms with Gasteiger partial charge in [-0.1, -0.05) is 12.1 Å². The van der Waals surface area contributed by atoms with Gasteiger partial charge in [-0.3, -0.25) is 4.79 Å². The van der Waals surface area contributed by atoms with Crippen LogP contribution in [-0.2, 0) is 14.8 Å². The summed E-state index contributed by atoms with van der Waals surface area (Å²) in [7, 11) is -3.55. The van der Waals surface area contributed by atoms with Gasteiger partial charge in [-0.15, -0.1) is 0 Å². The molecule has 1 aromatic rings. The summed E-state index contributed by atoms with van der Waals surface area (Å²) in [6.45, 7) is -0.705. The van der Waals surface area contributed by atoms with Crippen LogP contribution in [0.2, 0.25) is 0 Å². The van der Waals surface area contributed by atoms with Gasteiger partial charge in [0.1, 0.15) is 29.5 Å². The quantitative estimate of drug-likeness (QED) is 0.292. The molecule has 4 atom stereocenters. The standard InChI is InChI=1S/C7H5NO3S.C6H13NO5/c9-7-5-3-1-2-4-6(5)12(10,11)8-7;7-3(1-8)5(11)6(12)4(10)2-9/h1-4H,(H,8,9);1,3-6,9-12H,2,7H2/t;3-,4+,5+,6+/m.0/s1. The SMILES string of the molecule is N[C@@H](C=O)[C@@H](O)[C@H](O)[C@H](O)CO.O=C1NS(=O)(=O)c2ccccc21. The molecule has 0 aromatic heterocycles. The predicted molar refractivity (Wildman–Crippen MR) is 80.2 cm³/mol. The second-order valence-electron chi connectivity index (χ2n) is 4.88. The summed E-state index contributed by atoms with van der Waals surface area (Å²) < 4.78 is 24.2. The normalized spacial score (nSPS) is 19.8. The van der Waals surface area contributed by atoms with Gasteiger partial charge in [-0.25, -0.2) is 13.1 Å². The first-order valence-corrected chi connectivity index (χ1v) is 8.16. The Morgan fingerprint density at radius 3 is 2.25 bits per heavy atom. The number of hydrogen-bond acceptors (Lipinski definition) is 9. The average Bonchev–Trinajstić information content (AvgIpc) is 2.82. The van der Waals surface area contributed by atoms with Crippen molar-refractivity contribution in [2.45, 2.75) is 29.2 Å². The number of benzene rings is 1. The van der Waals surface area contributed by atoms with E-state index in [2.05, 4.69) is 0 Å². The van der Waals surface area contributed by atoms with Crippen molar-refractivity contribution >= 4 is 22.2 Å². The molecule has 10 nitrogen and oxygen atoms in total. The lowest BCUT2D eigenvalue weighted by Gasteiger charge is -2.23. The van der Waals surface area contributed by atoms with E-state index in [1.54, 1.807) is 12.1 Å². The number of nitrogens with two attached hydrogens (primary N) is 1. The van der Waals surface area contributed by atoms with Gasteiger partial charge in [0.15, 0.2) is 0 Å². The number of amides is 1. The Bertz CT molecular complexity index is 693. The first-order chi connectivity index (χ1) is 11.2. The lowest BCUT2D eigenvalue weighted by Crippen LogP contribution is -2.49. The Hall–Kier alpha value is -1.89. The molecule has 1 aromatic carbocycles. The van der Waals surface area contributed by atoms with E-state index in [1.165, 1.54) is 12.1 Å². The zero-order valence-electron chi connectivity index (χ0n) is 12.3. The van der Waals surface area contributed by atoms with E-state index in [1.807, 2.05) is 4.72 Å². The maximum Gasteiger partial charge on any atom is 0.266 e. The fourth-order valence-electron chi connectivity index (χ4n) is 1.76. The maximum atomic E-state index is 11.1. The van der Waals surface area contributed by atoms with Crippen molar-refractivity contribution in [2.24, 2.45) is 5.73 Å². The Morgan fingerprint density at radius 1 is 1.17 bits per heavy atom. The molecule has 1 heterocycles. The summed E-state index contributed by atoms with van der Waals surface area (Å²) in [6.07, 6.45) is -4.43. The number of carbonyl (C=O) groups is 2. The largest absolute Gasteiger partial charge is 0.394 e. The van der Waals surface area contributed by atoms with Crippen LogP contribution in [0, 0.1) is 0 Å². The zero-order chi connectivity index (χ0) is 18.5. The molecule has 1 amide bonds. The van der Waals surface area contributed by atoms with Gasteiger partial charge in [-0.05, 0) is 12.1 Å². The van der Waals surface area contributed by atoms with Crippen molar-refractivity contribution in [3.8, 4) is 0 Å². The van der Waals surface area contributed by atoms with Crippen LogP contribution in [0.1, 0.15) is 10.4 Å². The van der Waals surface area contributed by atoms with Gasteiger partial charge in [0.25, 0.3) is 15.9 Å². The molecule has 7 N–H and O–H groups in total. The second kappa shape index (κ2) is 8.28. The Morgan fingerprint density at radius 2 is 1.75 bits per heavy atom. The first-order valence-electron chi connectivity index (χ1n) is 6.67. The van der Waals surface area contributed by atoms with Crippen LogP contribution in [0.4, 0.5) is 0 Å². The van der Waals surface area contributed by atoms with E-state index < -0.39 is 46.9 Å². The van der Waals surface area contributed by atoms with Crippen LogP contribution in [0.15, 0.2) is 29.2 Å². The molecule has 0 bridgehead atoms. The molecule has 24 heavy (non-hydrogen) atoms. The fourth-order valence-corrected chi connectivity index (χ4v) is 2.94. The summed E-state index contributed by atoms with van der Waals surface area (Å²) in [4.78, 5) is 21.1. The van der Waals surface area contributed by atoms with Crippen molar-refractivity contribution in [1.82, 2.24) is 4.72 Å². The summed E-state index contributed by atoms with van der Waals surface area (Å²) in [5, 5.41) is 35.2. The molecule has 11 heteroatoms. The van der Waals surface area contributed by atoms with Gasteiger partial charge in [0, 0.05) is 0 Å². The molecule has 0 fully saturated rings. The van der Waals surface area contributed by atoms with Crippen LogP contribution in [0.25, 0.3) is 0 Å². The van der Waals surface area contributed by atoms with E-state index in [0.29, 0.717) is 0 Å². The number of sulfonamides is 1. The fraction of sp³-hybridized carbons (Fsp3) is 0.385. The third-order valence-electron chi connectivity index (χ3n) is 3.13. The summed E-state index contributed by atoms with van der Waals surface area (Å²) >= 11 is 0. The molecular weight excluding hydrogens is 344 g/mol. The predicted octanol–water partition coefficient (Wildman–Crippen LogP) is -3.29. The number of fused-ring (bicyclic) bond motifs is 1. The lowest BCUT2D eigenvalue weighted by molar-refractivity contribution is -0.118. The highest BCUT2D eigenvalue weighted by atomic mass is 32.2. The van der Waals surface area contributed by atoms with Crippen molar-refractivity contribution in [1.29, 1.82) is 0 Å². The van der Waals surface area contributed by atoms with Gasteiger partial charge < -0.3 is 31.0 Å². The topological polar surface area (TPSA) is 187 Å². The smallest absolute Gasteiger partial charge is 0.266 e. The number of hydrogen-bond donors (Lipinski definition) is 6. The van der Waals surface area contributed by atoms with Crippen LogP contribution >= 0.6 is 0 Å². The number of carbonyl (C=O) groups excluding carboxylic acids is 2. The van der Waals surface area contributed by atoms with E-state index in [0.717, 1.165) is 0 Å². The third-order valence-corrected chi connectivity index (χ3v) is 4.52. The van der Waals surface area contributed by atoms with Crippen LogP contribution in [-0.4, -0.2) is 72.0 Å². The van der Waals surface area contributed by atoms with Crippen molar-refractivity contribution < 1.29 is 38.4 Å². The minimum atomic E-state index is -3.55. The lowest BCUT2D eigenvalue weighted by atomic mass is 10.0. The highest BCUT2D eigenvalue weighted by Gasteiger charge is 2.31. The molecule has 1 aliphatic heterocycles. The van der Waals surface area contributed by atoms with E-state index in [9.17, 15) is 18.0 Å². The van der Waals surface area contributed by atoms with Gasteiger partial charge in [-0.2, -0.15) is 0 Å². The van der Waals surface area contributed by atoms with Crippen molar-refractivity contribution in [3.63, 3.8) is 0 Å². The Labute approximate surface area is 137 Å². The number of aliphatic hydroxyl groups excluding tert-OH is 4. The van der Waals surface area contributed by atoms with Gasteiger partial charge >= 0.3 is 0 Å². The Kier molecular flexibility index (Phi) is 6.95. The summed E-state index contributed by atoms with van der Waals surface area (Å²) in [6, 6.07) is 4.83. The first kappa shape index (κ1) is 20.2. The van der Waals surface area contributed by atoms with E-state index in [4.69, 9.17) is 26.2 Å². The molecule has 0 radical (unpaired) electrons. The molecule has 0 saturated heterocycles. The van der Waals surface area contributed by atoms with Crippen molar-refractivity contribution in [3.05, 3.63) is 29.8 Å². The third kappa shape index (κ3) is 4.56. The molecular formula is C13H18N2O8S. The van der Waals surface area contributed by atoms with E-state index >= 15 is 0 Å². The molecule has 0 saturated carbocycles.